The highest BCUT2D eigenvalue weighted by Crippen LogP contribution is 2.25. The maximum Gasteiger partial charge on any atom is 0.0594 e. The molecule has 0 aliphatic rings. The van der Waals surface area contributed by atoms with Crippen molar-refractivity contribution in [1.82, 2.24) is 10.3 Å². The molecule has 0 aliphatic heterocycles. The number of rotatable bonds is 6. The minimum absolute atomic E-state index is 0.218. The van der Waals surface area contributed by atoms with E-state index in [1.807, 2.05) is 12.3 Å². The van der Waals surface area contributed by atoms with Gasteiger partial charge in [-0.15, -0.1) is 0 Å². The van der Waals surface area contributed by atoms with Crippen molar-refractivity contribution in [3.63, 3.8) is 0 Å². The summed E-state index contributed by atoms with van der Waals surface area (Å²) in [6.07, 6.45) is 2.98. The first-order valence-electron chi connectivity index (χ1n) is 7.85. The predicted molar refractivity (Wildman–Crippen MR) is 89.5 cm³/mol. The fourth-order valence-corrected chi connectivity index (χ4v) is 2.78. The van der Waals surface area contributed by atoms with Crippen LogP contribution in [0.25, 0.3) is 0 Å². The normalized spacial score (nSPS) is 12.6. The lowest BCUT2D eigenvalue weighted by Gasteiger charge is -2.21. The minimum Gasteiger partial charge on any atom is -0.306 e. The van der Waals surface area contributed by atoms with Crippen LogP contribution in [0.1, 0.15) is 49.2 Å². The molecule has 2 heteroatoms. The molecule has 0 saturated heterocycles. The average Bonchev–Trinajstić information content (AvgIpc) is 2.45. The number of nitrogens with one attached hydrogen (secondary N) is 1. The third-order valence-corrected chi connectivity index (χ3v) is 3.70. The first-order chi connectivity index (χ1) is 10.1. The van der Waals surface area contributed by atoms with Gasteiger partial charge in [-0.3, -0.25) is 4.98 Å². The predicted octanol–water partition coefficient (Wildman–Crippen LogP) is 4.29. The zero-order valence-electron chi connectivity index (χ0n) is 13.6. The maximum atomic E-state index is 4.44. The zero-order chi connectivity index (χ0) is 15.2. The molecule has 1 heterocycles. The summed E-state index contributed by atoms with van der Waals surface area (Å²) in [6.45, 7) is 9.70. The van der Waals surface area contributed by atoms with Crippen molar-refractivity contribution in [2.24, 2.45) is 5.92 Å². The lowest BCUT2D eigenvalue weighted by molar-refractivity contribution is 0.619. The topological polar surface area (TPSA) is 24.9 Å². The summed E-state index contributed by atoms with van der Waals surface area (Å²) < 4.78 is 0. The van der Waals surface area contributed by atoms with E-state index in [2.05, 4.69) is 68.3 Å². The zero-order valence-corrected chi connectivity index (χ0v) is 13.6. The molecular weight excluding hydrogens is 256 g/mol. The van der Waals surface area contributed by atoms with Gasteiger partial charge in [0.25, 0.3) is 0 Å². The smallest absolute Gasteiger partial charge is 0.0594 e. The molecule has 0 amide bonds. The molecule has 1 aromatic carbocycles. The van der Waals surface area contributed by atoms with E-state index in [4.69, 9.17) is 0 Å². The van der Waals surface area contributed by atoms with Crippen LogP contribution in [0.2, 0.25) is 0 Å². The Labute approximate surface area is 128 Å². The van der Waals surface area contributed by atoms with E-state index in [0.29, 0.717) is 5.92 Å². The van der Waals surface area contributed by atoms with Crippen molar-refractivity contribution in [3.8, 4) is 0 Å². The van der Waals surface area contributed by atoms with Gasteiger partial charge in [0.05, 0.1) is 6.04 Å². The second-order valence-electron chi connectivity index (χ2n) is 6.01. The van der Waals surface area contributed by atoms with Gasteiger partial charge in [0, 0.05) is 11.9 Å². The first kappa shape index (κ1) is 15.7. The van der Waals surface area contributed by atoms with Gasteiger partial charge in [0.2, 0.25) is 0 Å². The van der Waals surface area contributed by atoms with Gasteiger partial charge in [0.1, 0.15) is 0 Å². The van der Waals surface area contributed by atoms with Crippen LogP contribution in [0, 0.1) is 12.8 Å². The van der Waals surface area contributed by atoms with E-state index in [1.165, 1.54) is 16.7 Å². The van der Waals surface area contributed by atoms with Gasteiger partial charge in [-0.05, 0) is 48.6 Å². The molecule has 0 spiro atoms. The van der Waals surface area contributed by atoms with E-state index >= 15 is 0 Å². The standard InChI is InChI=1S/C19H26N2/c1-5-20-19(18-10-7-11-21-15(18)4)17-9-6-8-16(13-17)12-14(2)3/h6-11,13-14,19-20H,5,12H2,1-4H3. The van der Waals surface area contributed by atoms with Gasteiger partial charge < -0.3 is 5.32 Å². The number of benzene rings is 1. The van der Waals surface area contributed by atoms with Crippen LogP contribution in [0.5, 0.6) is 0 Å². The fraction of sp³-hybridized carbons (Fsp3) is 0.421. The molecule has 1 unspecified atom stereocenters. The number of nitrogens with zero attached hydrogens (tertiary/aromatic N) is 1. The van der Waals surface area contributed by atoms with Crippen LogP contribution in [0.4, 0.5) is 0 Å². The summed E-state index contributed by atoms with van der Waals surface area (Å²) in [7, 11) is 0. The van der Waals surface area contributed by atoms with Gasteiger partial charge in [-0.2, -0.15) is 0 Å². The molecule has 2 nitrogen and oxygen atoms in total. The summed E-state index contributed by atoms with van der Waals surface area (Å²) in [5, 5.41) is 3.60. The van der Waals surface area contributed by atoms with Crippen molar-refractivity contribution in [2.75, 3.05) is 6.54 Å². The fourth-order valence-electron chi connectivity index (χ4n) is 2.78. The maximum absolute atomic E-state index is 4.44. The lowest BCUT2D eigenvalue weighted by atomic mass is 9.94. The van der Waals surface area contributed by atoms with Gasteiger partial charge in [0.15, 0.2) is 0 Å². The monoisotopic (exact) mass is 282 g/mol. The third kappa shape index (κ3) is 4.15. The first-order valence-corrected chi connectivity index (χ1v) is 7.85. The molecular formula is C19H26N2. The van der Waals surface area contributed by atoms with Crippen LogP contribution in [-0.2, 0) is 6.42 Å². The largest absolute Gasteiger partial charge is 0.306 e. The van der Waals surface area contributed by atoms with Crippen molar-refractivity contribution >= 4 is 0 Å². The Morgan fingerprint density at radius 2 is 1.95 bits per heavy atom. The van der Waals surface area contributed by atoms with Crippen LogP contribution in [0.15, 0.2) is 42.6 Å². The van der Waals surface area contributed by atoms with Crippen molar-refractivity contribution in [1.29, 1.82) is 0 Å². The van der Waals surface area contributed by atoms with Crippen LogP contribution in [-0.4, -0.2) is 11.5 Å². The summed E-state index contributed by atoms with van der Waals surface area (Å²) in [5.41, 5.74) is 5.09. The molecule has 2 aromatic rings. The second-order valence-corrected chi connectivity index (χ2v) is 6.01. The van der Waals surface area contributed by atoms with E-state index in [-0.39, 0.29) is 6.04 Å². The molecule has 0 bridgehead atoms. The van der Waals surface area contributed by atoms with Gasteiger partial charge in [-0.25, -0.2) is 0 Å². The molecule has 0 saturated carbocycles. The summed E-state index contributed by atoms with van der Waals surface area (Å²) >= 11 is 0. The van der Waals surface area contributed by atoms with E-state index < -0.39 is 0 Å². The van der Waals surface area contributed by atoms with Crippen molar-refractivity contribution in [3.05, 3.63) is 65.0 Å². The third-order valence-electron chi connectivity index (χ3n) is 3.70. The highest BCUT2D eigenvalue weighted by Gasteiger charge is 2.15. The Balaban J connectivity index is 2.36. The Morgan fingerprint density at radius 1 is 1.14 bits per heavy atom. The SMILES string of the molecule is CCNC(c1cccc(CC(C)C)c1)c1cccnc1C. The number of hydrogen-bond donors (Lipinski definition) is 1. The Kier molecular flexibility index (Phi) is 5.51. The molecule has 0 aliphatic carbocycles. The second kappa shape index (κ2) is 7.37. The van der Waals surface area contributed by atoms with E-state index in [1.54, 1.807) is 0 Å². The summed E-state index contributed by atoms with van der Waals surface area (Å²) in [6, 6.07) is 13.3. The van der Waals surface area contributed by atoms with Gasteiger partial charge >= 0.3 is 0 Å². The number of aromatic nitrogens is 1. The number of aryl methyl sites for hydroxylation is 1. The Bertz CT molecular complexity index is 575. The summed E-state index contributed by atoms with van der Waals surface area (Å²) in [5.74, 6) is 0.679. The van der Waals surface area contributed by atoms with Crippen LogP contribution >= 0.6 is 0 Å². The highest BCUT2D eigenvalue weighted by molar-refractivity contribution is 5.36. The minimum atomic E-state index is 0.218. The number of pyridine rings is 1. The quantitative estimate of drug-likeness (QED) is 0.855. The number of hydrogen-bond acceptors (Lipinski definition) is 2. The lowest BCUT2D eigenvalue weighted by Crippen LogP contribution is -2.23. The van der Waals surface area contributed by atoms with Crippen LogP contribution < -0.4 is 5.32 Å². The molecule has 1 aromatic heterocycles. The molecule has 21 heavy (non-hydrogen) atoms. The van der Waals surface area contributed by atoms with E-state index in [0.717, 1.165) is 18.7 Å². The van der Waals surface area contributed by atoms with Crippen molar-refractivity contribution in [2.45, 2.75) is 40.2 Å². The molecule has 1 atom stereocenters. The Morgan fingerprint density at radius 3 is 2.62 bits per heavy atom. The van der Waals surface area contributed by atoms with Crippen LogP contribution in [0.3, 0.4) is 0 Å². The molecule has 0 fully saturated rings. The molecule has 112 valence electrons. The molecule has 1 N–H and O–H groups in total. The van der Waals surface area contributed by atoms with Gasteiger partial charge in [-0.1, -0.05) is 51.1 Å². The van der Waals surface area contributed by atoms with E-state index in [9.17, 15) is 0 Å². The molecule has 2 rings (SSSR count). The highest BCUT2D eigenvalue weighted by atomic mass is 14.9. The average molecular weight is 282 g/mol. The summed E-state index contributed by atoms with van der Waals surface area (Å²) in [4.78, 5) is 4.44. The molecule has 0 radical (unpaired) electrons. The van der Waals surface area contributed by atoms with Crippen molar-refractivity contribution < 1.29 is 0 Å². The Hall–Kier alpha value is -1.67.